The Morgan fingerprint density at radius 1 is 1.17 bits per heavy atom. The summed E-state index contributed by atoms with van der Waals surface area (Å²) in [5.41, 5.74) is 2.84. The second-order valence-electron chi connectivity index (χ2n) is 7.12. The largest absolute Gasteiger partial charge is 0.497 e. The van der Waals surface area contributed by atoms with E-state index in [0.29, 0.717) is 23.6 Å². The van der Waals surface area contributed by atoms with Crippen molar-refractivity contribution >= 4 is 23.4 Å². The van der Waals surface area contributed by atoms with Gasteiger partial charge in [0.15, 0.2) is 0 Å². The Bertz CT molecular complexity index is 1050. The number of anilines is 1. The summed E-state index contributed by atoms with van der Waals surface area (Å²) in [5.74, 6) is -0.230. The highest BCUT2D eigenvalue weighted by Gasteiger charge is 2.39. The minimum Gasteiger partial charge on any atom is -0.497 e. The van der Waals surface area contributed by atoms with Crippen LogP contribution in [0.1, 0.15) is 35.7 Å². The fourth-order valence-electron chi connectivity index (χ4n) is 3.75. The zero-order valence-corrected chi connectivity index (χ0v) is 16.8. The van der Waals surface area contributed by atoms with E-state index in [1.54, 1.807) is 32.4 Å². The molecule has 1 atom stereocenters. The SMILES string of the molecule is [2H][C@@]1(N2Cc3c(NCc4cc(OC)cc(OC)c4)cccc3C2=O)CCC(=O)NC1=O. The maximum atomic E-state index is 13.0. The van der Waals surface area contributed by atoms with Crippen LogP contribution in [0.15, 0.2) is 36.4 Å². The van der Waals surface area contributed by atoms with Gasteiger partial charge in [-0.05, 0) is 36.2 Å². The van der Waals surface area contributed by atoms with Crippen molar-refractivity contribution in [1.82, 2.24) is 10.2 Å². The first-order chi connectivity index (χ1) is 14.9. The van der Waals surface area contributed by atoms with Crippen LogP contribution in [-0.4, -0.2) is 42.9 Å². The Morgan fingerprint density at radius 3 is 2.57 bits per heavy atom. The lowest BCUT2D eigenvalue weighted by molar-refractivity contribution is -0.136. The third kappa shape index (κ3) is 3.68. The fraction of sp³-hybridized carbons (Fsp3) is 0.318. The number of imide groups is 1. The van der Waals surface area contributed by atoms with Crippen molar-refractivity contribution < 1.29 is 25.2 Å². The summed E-state index contributed by atoms with van der Waals surface area (Å²) >= 11 is 0. The lowest BCUT2D eigenvalue weighted by Gasteiger charge is -2.29. The van der Waals surface area contributed by atoms with Gasteiger partial charge < -0.3 is 19.7 Å². The average Bonchev–Trinajstić information content (AvgIpc) is 3.12. The number of nitrogens with zero attached hydrogens (tertiary/aromatic N) is 1. The summed E-state index contributed by atoms with van der Waals surface area (Å²) in [7, 11) is 3.17. The normalized spacial score (nSPS) is 21.1. The van der Waals surface area contributed by atoms with E-state index in [-0.39, 0.29) is 25.3 Å². The number of hydrogen-bond donors (Lipinski definition) is 2. The number of hydrogen-bond acceptors (Lipinski definition) is 6. The molecule has 2 N–H and O–H groups in total. The Balaban J connectivity index is 1.57. The molecule has 1 fully saturated rings. The van der Waals surface area contributed by atoms with Gasteiger partial charge in [0.05, 0.1) is 15.6 Å². The summed E-state index contributed by atoms with van der Waals surface area (Å²) in [5, 5.41) is 5.51. The summed E-state index contributed by atoms with van der Waals surface area (Å²) in [4.78, 5) is 38.1. The van der Waals surface area contributed by atoms with Gasteiger partial charge in [0.1, 0.15) is 17.5 Å². The molecule has 0 saturated carbocycles. The highest BCUT2D eigenvalue weighted by Crippen LogP contribution is 2.33. The summed E-state index contributed by atoms with van der Waals surface area (Å²) in [6, 6.07) is 9.06. The zero-order valence-electron chi connectivity index (χ0n) is 17.8. The summed E-state index contributed by atoms with van der Waals surface area (Å²) < 4.78 is 19.2. The molecule has 0 bridgehead atoms. The number of carbonyl (C=O) groups excluding carboxylic acids is 3. The molecule has 30 heavy (non-hydrogen) atoms. The van der Waals surface area contributed by atoms with Crippen LogP contribution in [0.2, 0.25) is 0 Å². The predicted octanol–water partition coefficient (Wildman–Crippen LogP) is 2.08. The standard InChI is InChI=1S/C22H23N3O5/c1-29-14-8-13(9-15(10-14)30-2)11-23-18-5-3-4-16-17(18)12-25(22(16)28)19-6-7-20(26)24-21(19)27/h3-5,8-10,19,23H,6-7,11-12H2,1-2H3,(H,24,26,27)/t19-/m1/s1/i19D. The number of carbonyl (C=O) groups is 3. The van der Waals surface area contributed by atoms with E-state index in [1.807, 2.05) is 18.2 Å². The lowest BCUT2D eigenvalue weighted by atomic mass is 10.0. The second kappa shape index (κ2) is 8.06. The maximum absolute atomic E-state index is 13.0. The Kier molecular flexibility index (Phi) is 4.96. The number of methoxy groups -OCH3 is 2. The van der Waals surface area contributed by atoms with Gasteiger partial charge in [-0.15, -0.1) is 0 Å². The van der Waals surface area contributed by atoms with Gasteiger partial charge in [-0.25, -0.2) is 0 Å². The molecule has 0 aliphatic carbocycles. The number of ether oxygens (including phenoxy) is 2. The van der Waals surface area contributed by atoms with E-state index < -0.39 is 17.8 Å². The van der Waals surface area contributed by atoms with Gasteiger partial charge in [-0.3, -0.25) is 19.7 Å². The van der Waals surface area contributed by atoms with E-state index in [2.05, 4.69) is 10.6 Å². The van der Waals surface area contributed by atoms with E-state index in [9.17, 15) is 14.4 Å². The van der Waals surface area contributed by atoms with Crippen LogP contribution in [0.25, 0.3) is 0 Å². The van der Waals surface area contributed by atoms with E-state index in [0.717, 1.165) is 16.8 Å². The topological polar surface area (TPSA) is 97.0 Å². The van der Waals surface area contributed by atoms with Gasteiger partial charge in [0.25, 0.3) is 5.91 Å². The average molecular weight is 410 g/mol. The van der Waals surface area contributed by atoms with Gasteiger partial charge in [0.2, 0.25) is 11.8 Å². The van der Waals surface area contributed by atoms with Crippen molar-refractivity contribution in [3.63, 3.8) is 0 Å². The number of benzene rings is 2. The number of nitrogens with one attached hydrogen (secondary N) is 2. The molecular weight excluding hydrogens is 386 g/mol. The van der Waals surface area contributed by atoms with Gasteiger partial charge >= 0.3 is 0 Å². The highest BCUT2D eigenvalue weighted by molar-refractivity contribution is 6.06. The van der Waals surface area contributed by atoms with Crippen LogP contribution < -0.4 is 20.1 Å². The highest BCUT2D eigenvalue weighted by atomic mass is 16.5. The molecule has 1 saturated heterocycles. The molecular formula is C22H23N3O5. The molecule has 2 aromatic rings. The van der Waals surface area contributed by atoms with E-state index >= 15 is 0 Å². The Morgan fingerprint density at radius 2 is 1.90 bits per heavy atom. The van der Waals surface area contributed by atoms with Crippen LogP contribution >= 0.6 is 0 Å². The fourth-order valence-corrected chi connectivity index (χ4v) is 3.75. The van der Waals surface area contributed by atoms with Crippen LogP contribution in [-0.2, 0) is 22.7 Å². The first-order valence-electron chi connectivity index (χ1n) is 10.1. The monoisotopic (exact) mass is 410 g/mol. The van der Waals surface area contributed by atoms with E-state index in [4.69, 9.17) is 10.8 Å². The van der Waals surface area contributed by atoms with Crippen molar-refractivity contribution in [3.05, 3.63) is 53.1 Å². The van der Waals surface area contributed by atoms with E-state index in [1.165, 1.54) is 4.90 Å². The first kappa shape index (κ1) is 18.5. The summed E-state index contributed by atoms with van der Waals surface area (Å²) in [6.45, 7) is 0.573. The molecule has 8 nitrogen and oxygen atoms in total. The number of fused-ring (bicyclic) bond motifs is 1. The molecule has 2 aliphatic rings. The number of amides is 3. The Hall–Kier alpha value is -3.55. The Labute approximate surface area is 175 Å². The van der Waals surface area contributed by atoms with Crippen LogP contribution in [0, 0.1) is 0 Å². The minimum atomic E-state index is -1.80. The van der Waals surface area contributed by atoms with Crippen molar-refractivity contribution in [1.29, 1.82) is 0 Å². The third-order valence-corrected chi connectivity index (χ3v) is 5.29. The molecule has 2 aliphatic heterocycles. The first-order valence-corrected chi connectivity index (χ1v) is 9.59. The molecule has 0 radical (unpaired) electrons. The van der Waals surface area contributed by atoms with Crippen LogP contribution in [0.4, 0.5) is 5.69 Å². The maximum Gasteiger partial charge on any atom is 0.255 e. The molecule has 0 spiro atoms. The van der Waals surface area contributed by atoms with Crippen LogP contribution in [0.3, 0.4) is 0 Å². The predicted molar refractivity (Wildman–Crippen MR) is 109 cm³/mol. The smallest absolute Gasteiger partial charge is 0.255 e. The number of piperidine rings is 1. The quantitative estimate of drug-likeness (QED) is 0.708. The molecule has 2 aromatic carbocycles. The third-order valence-electron chi connectivity index (χ3n) is 5.29. The molecule has 3 amide bonds. The number of rotatable bonds is 6. The van der Waals surface area contributed by atoms with Gasteiger partial charge in [0, 0.05) is 42.4 Å². The lowest BCUT2D eigenvalue weighted by Crippen LogP contribution is -2.52. The summed E-state index contributed by atoms with van der Waals surface area (Å²) in [6.07, 6.45) is 0.00189. The van der Waals surface area contributed by atoms with Crippen molar-refractivity contribution in [2.24, 2.45) is 0 Å². The molecule has 0 unspecified atom stereocenters. The molecule has 2 heterocycles. The van der Waals surface area contributed by atoms with Crippen LogP contribution in [0.5, 0.6) is 11.5 Å². The zero-order chi connectivity index (χ0) is 22.2. The second-order valence-corrected chi connectivity index (χ2v) is 7.12. The molecule has 8 heteroatoms. The molecule has 4 rings (SSSR count). The van der Waals surface area contributed by atoms with Gasteiger partial charge in [-0.2, -0.15) is 0 Å². The molecule has 0 aromatic heterocycles. The van der Waals surface area contributed by atoms with Crippen molar-refractivity contribution in [3.8, 4) is 11.5 Å². The van der Waals surface area contributed by atoms with Gasteiger partial charge in [-0.1, -0.05) is 6.07 Å². The van der Waals surface area contributed by atoms with Crippen molar-refractivity contribution in [2.45, 2.75) is 31.9 Å². The minimum absolute atomic E-state index is 0.0240. The van der Waals surface area contributed by atoms with Crippen molar-refractivity contribution in [2.75, 3.05) is 19.5 Å². The molecule has 156 valence electrons.